The molecule has 7 heteroatoms. The van der Waals surface area contributed by atoms with Crippen molar-refractivity contribution in [1.82, 2.24) is 9.80 Å². The normalized spacial score (nSPS) is 10.7. The maximum Gasteiger partial charge on any atom is 0.226 e. The highest BCUT2D eigenvalue weighted by Crippen LogP contribution is 2.15. The van der Waals surface area contributed by atoms with Gasteiger partial charge in [0.2, 0.25) is 11.8 Å². The number of rotatable bonds is 8. The van der Waals surface area contributed by atoms with E-state index in [1.807, 2.05) is 19.0 Å². The molecule has 0 unspecified atom stereocenters. The zero-order valence-corrected chi connectivity index (χ0v) is 13.7. The maximum absolute atomic E-state index is 13.5. The fourth-order valence-electron chi connectivity index (χ4n) is 2.04. The summed E-state index contributed by atoms with van der Waals surface area (Å²) in [6, 6.07) is 2.95. The van der Waals surface area contributed by atoms with Gasteiger partial charge in [-0.15, -0.1) is 0 Å². The molecule has 0 saturated carbocycles. The fourth-order valence-corrected chi connectivity index (χ4v) is 2.04. The average molecular weight is 327 g/mol. The Morgan fingerprint density at radius 3 is 2.39 bits per heavy atom. The molecular formula is C16H23F2N3O2. The van der Waals surface area contributed by atoms with Crippen LogP contribution in [0.15, 0.2) is 18.2 Å². The van der Waals surface area contributed by atoms with Crippen LogP contribution in [0.25, 0.3) is 0 Å². The first kappa shape index (κ1) is 19.0. The third-order valence-electron chi connectivity index (χ3n) is 3.29. The van der Waals surface area contributed by atoms with Crippen molar-refractivity contribution in [2.45, 2.75) is 19.8 Å². The second-order valence-electron chi connectivity index (χ2n) is 5.59. The van der Waals surface area contributed by atoms with Crippen molar-refractivity contribution in [3.63, 3.8) is 0 Å². The monoisotopic (exact) mass is 327 g/mol. The van der Waals surface area contributed by atoms with Crippen molar-refractivity contribution in [3.05, 3.63) is 29.8 Å². The summed E-state index contributed by atoms with van der Waals surface area (Å²) < 4.78 is 26.3. The molecule has 0 radical (unpaired) electrons. The van der Waals surface area contributed by atoms with Crippen LogP contribution in [-0.4, -0.2) is 55.3 Å². The minimum atomic E-state index is -0.826. The first-order chi connectivity index (χ1) is 10.8. The van der Waals surface area contributed by atoms with Crippen molar-refractivity contribution in [1.29, 1.82) is 0 Å². The van der Waals surface area contributed by atoms with E-state index in [0.29, 0.717) is 12.6 Å². The second kappa shape index (κ2) is 9.19. The standard InChI is InChI=1S/C16H23F2N3O2/c1-12(22)21(9-4-8-20(2)3)10-7-16(23)19-15-6-5-13(17)11-14(15)18/h5-6,11H,4,7-10H2,1-3H3,(H,19,23). The van der Waals surface area contributed by atoms with E-state index < -0.39 is 17.5 Å². The van der Waals surface area contributed by atoms with Crippen LogP contribution in [0.3, 0.4) is 0 Å². The number of anilines is 1. The molecule has 0 aliphatic carbocycles. The second-order valence-corrected chi connectivity index (χ2v) is 5.59. The van der Waals surface area contributed by atoms with E-state index in [4.69, 9.17) is 0 Å². The van der Waals surface area contributed by atoms with Crippen LogP contribution in [0.2, 0.25) is 0 Å². The van der Waals surface area contributed by atoms with E-state index in [2.05, 4.69) is 5.32 Å². The molecule has 128 valence electrons. The van der Waals surface area contributed by atoms with Crippen molar-refractivity contribution >= 4 is 17.5 Å². The summed E-state index contributed by atoms with van der Waals surface area (Å²) in [7, 11) is 3.89. The zero-order valence-electron chi connectivity index (χ0n) is 13.7. The molecule has 0 aliphatic heterocycles. The SMILES string of the molecule is CC(=O)N(CCCN(C)C)CCC(=O)Nc1ccc(F)cc1F. The largest absolute Gasteiger partial charge is 0.342 e. The molecule has 1 aromatic carbocycles. The van der Waals surface area contributed by atoms with Gasteiger partial charge in [0.1, 0.15) is 11.6 Å². The lowest BCUT2D eigenvalue weighted by Gasteiger charge is -2.21. The number of amides is 2. The Hall–Kier alpha value is -2.02. The molecule has 0 aliphatic rings. The highest BCUT2D eigenvalue weighted by atomic mass is 19.1. The predicted octanol–water partition coefficient (Wildman–Crippen LogP) is 2.09. The Morgan fingerprint density at radius 2 is 1.83 bits per heavy atom. The van der Waals surface area contributed by atoms with Gasteiger partial charge in [-0.2, -0.15) is 0 Å². The van der Waals surface area contributed by atoms with E-state index in [-0.39, 0.29) is 24.6 Å². The van der Waals surface area contributed by atoms with Gasteiger partial charge in [0.25, 0.3) is 0 Å². The quantitative estimate of drug-likeness (QED) is 0.795. The Balaban J connectivity index is 2.47. The van der Waals surface area contributed by atoms with Gasteiger partial charge in [-0.1, -0.05) is 0 Å². The highest BCUT2D eigenvalue weighted by Gasteiger charge is 2.12. The minimum Gasteiger partial charge on any atom is -0.342 e. The van der Waals surface area contributed by atoms with Crippen LogP contribution in [0.5, 0.6) is 0 Å². The first-order valence-corrected chi connectivity index (χ1v) is 7.44. The molecule has 0 saturated heterocycles. The van der Waals surface area contributed by atoms with E-state index in [9.17, 15) is 18.4 Å². The highest BCUT2D eigenvalue weighted by molar-refractivity contribution is 5.91. The number of hydrogen-bond donors (Lipinski definition) is 1. The lowest BCUT2D eigenvalue weighted by Crippen LogP contribution is -2.34. The van der Waals surface area contributed by atoms with E-state index in [1.54, 1.807) is 4.90 Å². The van der Waals surface area contributed by atoms with Gasteiger partial charge >= 0.3 is 0 Å². The van der Waals surface area contributed by atoms with Gasteiger partial charge in [0.15, 0.2) is 0 Å². The molecule has 0 bridgehead atoms. The van der Waals surface area contributed by atoms with Gasteiger partial charge in [-0.3, -0.25) is 9.59 Å². The molecular weight excluding hydrogens is 304 g/mol. The molecule has 23 heavy (non-hydrogen) atoms. The van der Waals surface area contributed by atoms with E-state index >= 15 is 0 Å². The minimum absolute atomic E-state index is 0.0539. The number of nitrogens with zero attached hydrogens (tertiary/aromatic N) is 2. The van der Waals surface area contributed by atoms with E-state index in [0.717, 1.165) is 19.0 Å². The van der Waals surface area contributed by atoms with Crippen LogP contribution < -0.4 is 5.32 Å². The van der Waals surface area contributed by atoms with Crippen molar-refractivity contribution in [2.24, 2.45) is 0 Å². The predicted molar refractivity (Wildman–Crippen MR) is 85.0 cm³/mol. The summed E-state index contributed by atoms with van der Waals surface area (Å²) in [6.07, 6.45) is 0.860. The Bertz CT molecular complexity index is 550. The van der Waals surface area contributed by atoms with Crippen LogP contribution in [0.4, 0.5) is 14.5 Å². The number of halogens is 2. The number of carbonyl (C=O) groups is 2. The third kappa shape index (κ3) is 7.19. The van der Waals surface area contributed by atoms with Gasteiger partial charge < -0.3 is 15.1 Å². The third-order valence-corrected chi connectivity index (χ3v) is 3.29. The van der Waals surface area contributed by atoms with Crippen LogP contribution in [0.1, 0.15) is 19.8 Å². The topological polar surface area (TPSA) is 52.7 Å². The smallest absolute Gasteiger partial charge is 0.226 e. The van der Waals surface area contributed by atoms with Crippen LogP contribution in [-0.2, 0) is 9.59 Å². The Labute approximate surface area is 135 Å². The fraction of sp³-hybridized carbons (Fsp3) is 0.500. The summed E-state index contributed by atoms with van der Waals surface area (Å²) >= 11 is 0. The Morgan fingerprint density at radius 1 is 1.13 bits per heavy atom. The summed E-state index contributed by atoms with van der Waals surface area (Å²) in [5.41, 5.74) is -0.0709. The molecule has 0 spiro atoms. The summed E-state index contributed by atoms with van der Waals surface area (Å²) in [4.78, 5) is 27.0. The van der Waals surface area contributed by atoms with Gasteiger partial charge in [-0.05, 0) is 39.2 Å². The molecule has 0 heterocycles. The molecule has 0 atom stereocenters. The molecule has 0 aromatic heterocycles. The number of nitrogens with one attached hydrogen (secondary N) is 1. The van der Waals surface area contributed by atoms with Crippen molar-refractivity contribution in [2.75, 3.05) is 39.0 Å². The molecule has 1 aromatic rings. The molecule has 5 nitrogen and oxygen atoms in total. The lowest BCUT2D eigenvalue weighted by atomic mass is 10.2. The van der Waals surface area contributed by atoms with Gasteiger partial charge in [0, 0.05) is 32.5 Å². The van der Waals surface area contributed by atoms with Crippen molar-refractivity contribution in [3.8, 4) is 0 Å². The van der Waals surface area contributed by atoms with Crippen LogP contribution in [0, 0.1) is 11.6 Å². The number of benzene rings is 1. The lowest BCUT2D eigenvalue weighted by molar-refractivity contribution is -0.129. The zero-order chi connectivity index (χ0) is 17.4. The van der Waals surface area contributed by atoms with E-state index in [1.165, 1.54) is 13.0 Å². The Kier molecular flexibility index (Phi) is 7.61. The average Bonchev–Trinajstić information content (AvgIpc) is 2.45. The van der Waals surface area contributed by atoms with Gasteiger partial charge in [0.05, 0.1) is 5.69 Å². The first-order valence-electron chi connectivity index (χ1n) is 7.44. The molecule has 2 amide bonds. The molecule has 1 N–H and O–H groups in total. The van der Waals surface area contributed by atoms with Gasteiger partial charge in [-0.25, -0.2) is 8.78 Å². The summed E-state index contributed by atoms with van der Waals surface area (Å²) in [5, 5.41) is 2.38. The van der Waals surface area contributed by atoms with Crippen LogP contribution >= 0.6 is 0 Å². The molecule has 0 fully saturated rings. The molecule has 1 rings (SSSR count). The number of carbonyl (C=O) groups excluding carboxylic acids is 2. The van der Waals surface area contributed by atoms with Crippen molar-refractivity contribution < 1.29 is 18.4 Å². The number of hydrogen-bond acceptors (Lipinski definition) is 3. The summed E-state index contributed by atoms with van der Waals surface area (Å²) in [5.74, 6) is -2.06. The summed E-state index contributed by atoms with van der Waals surface area (Å²) in [6.45, 7) is 3.12. The maximum atomic E-state index is 13.5.